The maximum absolute atomic E-state index is 12.5. The van der Waals surface area contributed by atoms with Gasteiger partial charge in [0.15, 0.2) is 0 Å². The normalized spacial score (nSPS) is 35.9. The maximum Gasteiger partial charge on any atom is 0.226 e. The van der Waals surface area contributed by atoms with Gasteiger partial charge in [-0.2, -0.15) is 0 Å². The van der Waals surface area contributed by atoms with Crippen molar-refractivity contribution < 1.29 is 4.79 Å². The molecule has 4 heteroatoms. The monoisotopic (exact) mass is 239 g/mol. The second-order valence-corrected chi connectivity index (χ2v) is 5.72. The van der Waals surface area contributed by atoms with Crippen molar-refractivity contribution in [2.45, 2.75) is 63.6 Å². The van der Waals surface area contributed by atoms with Gasteiger partial charge in [0.25, 0.3) is 0 Å². The summed E-state index contributed by atoms with van der Waals surface area (Å²) in [4.78, 5) is 14.5. The summed E-state index contributed by atoms with van der Waals surface area (Å²) in [5.74, 6) is 0.462. The number of carbonyl (C=O) groups excluding carboxylic acids is 1. The summed E-state index contributed by atoms with van der Waals surface area (Å²) in [6, 6.07) is 0.546. The van der Waals surface area contributed by atoms with Crippen LogP contribution in [0.1, 0.15) is 45.4 Å². The third-order valence-electron chi connectivity index (χ3n) is 4.26. The molecule has 1 aliphatic heterocycles. The molecule has 0 aromatic heterocycles. The molecule has 98 valence electrons. The van der Waals surface area contributed by atoms with Crippen LogP contribution in [-0.4, -0.2) is 35.5 Å². The summed E-state index contributed by atoms with van der Waals surface area (Å²) in [5, 5.41) is 0. The zero-order valence-electron chi connectivity index (χ0n) is 10.8. The molecular weight excluding hydrogens is 214 g/mol. The lowest BCUT2D eigenvalue weighted by Crippen LogP contribution is -2.53. The van der Waals surface area contributed by atoms with Gasteiger partial charge in [0.1, 0.15) is 0 Å². The molecule has 2 fully saturated rings. The average molecular weight is 239 g/mol. The van der Waals surface area contributed by atoms with E-state index in [1.54, 1.807) is 0 Å². The number of hydrogen-bond acceptors (Lipinski definition) is 3. The van der Waals surface area contributed by atoms with Crippen LogP contribution in [0.5, 0.6) is 0 Å². The van der Waals surface area contributed by atoms with E-state index >= 15 is 0 Å². The molecule has 1 amide bonds. The molecule has 4 atom stereocenters. The molecule has 4 N–H and O–H groups in total. The minimum atomic E-state index is 0.0781. The Morgan fingerprint density at radius 2 is 2.06 bits per heavy atom. The van der Waals surface area contributed by atoms with Crippen LogP contribution in [0, 0.1) is 5.92 Å². The first-order chi connectivity index (χ1) is 8.09. The van der Waals surface area contributed by atoms with E-state index in [1.165, 1.54) is 6.42 Å². The smallest absolute Gasteiger partial charge is 0.226 e. The first-order valence-corrected chi connectivity index (χ1v) is 6.91. The highest BCUT2D eigenvalue weighted by molar-refractivity contribution is 5.79. The highest BCUT2D eigenvalue weighted by Crippen LogP contribution is 2.29. The van der Waals surface area contributed by atoms with E-state index in [9.17, 15) is 4.79 Å². The summed E-state index contributed by atoms with van der Waals surface area (Å²) in [7, 11) is 0. The van der Waals surface area contributed by atoms with Gasteiger partial charge in [0.05, 0.1) is 0 Å². The lowest BCUT2D eigenvalue weighted by molar-refractivity contribution is -0.139. The summed E-state index contributed by atoms with van der Waals surface area (Å²) in [6.07, 6.45) is 6.19. The standard InChI is InChI=1S/C13H25N3O/c1-9(14)12-4-2-3-7-16(12)13(17)10-5-6-11(15)8-10/h9-12H,2-8,14-15H2,1H3/t9-,10-,11+,12-/m0/s1. The molecular formula is C13H25N3O. The third-order valence-corrected chi connectivity index (χ3v) is 4.26. The number of carbonyl (C=O) groups is 1. The molecule has 17 heavy (non-hydrogen) atoms. The molecule has 2 aliphatic rings. The van der Waals surface area contributed by atoms with Gasteiger partial charge >= 0.3 is 0 Å². The molecule has 0 aromatic rings. The zero-order valence-corrected chi connectivity index (χ0v) is 10.8. The van der Waals surface area contributed by atoms with E-state index in [2.05, 4.69) is 0 Å². The largest absolute Gasteiger partial charge is 0.338 e. The second kappa shape index (κ2) is 5.36. The van der Waals surface area contributed by atoms with E-state index in [1.807, 2.05) is 11.8 Å². The average Bonchev–Trinajstić information content (AvgIpc) is 2.75. The third kappa shape index (κ3) is 2.80. The fourth-order valence-corrected chi connectivity index (χ4v) is 3.25. The Bertz CT molecular complexity index is 280. The Morgan fingerprint density at radius 1 is 1.29 bits per heavy atom. The first kappa shape index (κ1) is 12.8. The lowest BCUT2D eigenvalue weighted by atomic mass is 9.94. The Morgan fingerprint density at radius 3 is 2.65 bits per heavy atom. The minimum Gasteiger partial charge on any atom is -0.338 e. The number of hydrogen-bond donors (Lipinski definition) is 2. The molecule has 1 saturated heterocycles. The number of likely N-dealkylation sites (tertiary alicyclic amines) is 1. The first-order valence-electron chi connectivity index (χ1n) is 6.91. The lowest BCUT2D eigenvalue weighted by Gasteiger charge is -2.39. The van der Waals surface area contributed by atoms with Crippen molar-refractivity contribution in [1.82, 2.24) is 4.90 Å². The molecule has 4 nitrogen and oxygen atoms in total. The van der Waals surface area contributed by atoms with E-state index in [0.29, 0.717) is 5.91 Å². The van der Waals surface area contributed by atoms with Crippen molar-refractivity contribution >= 4 is 5.91 Å². The fourth-order valence-electron chi connectivity index (χ4n) is 3.25. The van der Waals surface area contributed by atoms with Gasteiger partial charge in [-0.15, -0.1) is 0 Å². The van der Waals surface area contributed by atoms with Crippen molar-refractivity contribution in [3.8, 4) is 0 Å². The van der Waals surface area contributed by atoms with E-state index in [4.69, 9.17) is 11.5 Å². The van der Waals surface area contributed by atoms with Crippen LogP contribution in [0.2, 0.25) is 0 Å². The van der Waals surface area contributed by atoms with Crippen molar-refractivity contribution in [3.63, 3.8) is 0 Å². The van der Waals surface area contributed by atoms with Crippen LogP contribution in [0.25, 0.3) is 0 Å². The van der Waals surface area contributed by atoms with Gasteiger partial charge in [-0.3, -0.25) is 4.79 Å². The van der Waals surface area contributed by atoms with Crippen LogP contribution in [0.4, 0.5) is 0 Å². The van der Waals surface area contributed by atoms with Crippen LogP contribution < -0.4 is 11.5 Å². The minimum absolute atomic E-state index is 0.0781. The number of rotatable bonds is 2. The van der Waals surface area contributed by atoms with Crippen LogP contribution in [0.15, 0.2) is 0 Å². The quantitative estimate of drug-likeness (QED) is 0.750. The molecule has 2 rings (SSSR count). The predicted octanol–water partition coefficient (Wildman–Crippen LogP) is 0.842. The van der Waals surface area contributed by atoms with Gasteiger partial charge < -0.3 is 16.4 Å². The summed E-state index contributed by atoms with van der Waals surface area (Å²) in [5.41, 5.74) is 11.9. The van der Waals surface area contributed by atoms with Crippen molar-refractivity contribution in [3.05, 3.63) is 0 Å². The Labute approximate surface area is 104 Å². The Kier molecular flexibility index (Phi) is 4.05. The molecule has 0 spiro atoms. The van der Waals surface area contributed by atoms with Crippen LogP contribution in [0.3, 0.4) is 0 Å². The molecule has 0 radical (unpaired) electrons. The maximum atomic E-state index is 12.5. The van der Waals surface area contributed by atoms with Crippen LogP contribution >= 0.6 is 0 Å². The van der Waals surface area contributed by atoms with Crippen molar-refractivity contribution in [2.24, 2.45) is 17.4 Å². The van der Waals surface area contributed by atoms with Crippen molar-refractivity contribution in [1.29, 1.82) is 0 Å². The van der Waals surface area contributed by atoms with Gasteiger partial charge in [-0.25, -0.2) is 0 Å². The summed E-state index contributed by atoms with van der Waals surface area (Å²) < 4.78 is 0. The van der Waals surface area contributed by atoms with Crippen LogP contribution in [-0.2, 0) is 4.79 Å². The number of nitrogens with zero attached hydrogens (tertiary/aromatic N) is 1. The number of piperidine rings is 1. The van der Waals surface area contributed by atoms with Gasteiger partial charge in [0.2, 0.25) is 5.91 Å². The Hall–Kier alpha value is -0.610. The predicted molar refractivity (Wildman–Crippen MR) is 68.3 cm³/mol. The molecule has 1 heterocycles. The van der Waals surface area contributed by atoms with Gasteiger partial charge in [-0.1, -0.05) is 0 Å². The van der Waals surface area contributed by atoms with Crippen molar-refractivity contribution in [2.75, 3.05) is 6.54 Å². The van der Waals surface area contributed by atoms with E-state index in [0.717, 1.165) is 38.6 Å². The molecule has 1 saturated carbocycles. The fraction of sp³-hybridized carbons (Fsp3) is 0.923. The molecule has 0 unspecified atom stereocenters. The number of amides is 1. The second-order valence-electron chi connectivity index (χ2n) is 5.72. The summed E-state index contributed by atoms with van der Waals surface area (Å²) >= 11 is 0. The number of nitrogens with two attached hydrogens (primary N) is 2. The van der Waals surface area contributed by atoms with Gasteiger partial charge in [-0.05, 0) is 45.4 Å². The molecule has 1 aliphatic carbocycles. The summed E-state index contributed by atoms with van der Waals surface area (Å²) in [6.45, 7) is 2.90. The van der Waals surface area contributed by atoms with Gasteiger partial charge in [0, 0.05) is 30.6 Å². The zero-order chi connectivity index (χ0) is 12.4. The SMILES string of the molecule is C[C@H](N)[C@@H]1CCCCN1C(=O)[C@H]1CC[C@@H](N)C1. The van der Waals surface area contributed by atoms with E-state index in [-0.39, 0.29) is 24.0 Å². The molecule has 0 aromatic carbocycles. The highest BCUT2D eigenvalue weighted by Gasteiger charge is 2.36. The highest BCUT2D eigenvalue weighted by atomic mass is 16.2. The Balaban J connectivity index is 2.01. The molecule has 0 bridgehead atoms. The topological polar surface area (TPSA) is 72.3 Å². The van der Waals surface area contributed by atoms with E-state index < -0.39 is 0 Å².